The molecule has 0 saturated carbocycles. The number of anilines is 1. The van der Waals surface area contributed by atoms with E-state index in [-0.39, 0.29) is 51.7 Å². The molecule has 1 N–H and O–H groups in total. The molecule has 0 fully saturated rings. The van der Waals surface area contributed by atoms with Gasteiger partial charge in [-0.1, -0.05) is 17.7 Å². The monoisotopic (exact) mass is 551 g/mol. The highest BCUT2D eigenvalue weighted by Gasteiger charge is 2.18. The summed E-state index contributed by atoms with van der Waals surface area (Å²) in [4.78, 5) is 34.2. The summed E-state index contributed by atoms with van der Waals surface area (Å²) in [6.07, 6.45) is 0. The highest BCUT2D eigenvalue weighted by molar-refractivity contribution is 6.32. The fourth-order valence-corrected chi connectivity index (χ4v) is 3.86. The van der Waals surface area contributed by atoms with E-state index in [0.717, 1.165) is 16.7 Å². The van der Waals surface area contributed by atoms with Crippen molar-refractivity contribution in [1.29, 1.82) is 0 Å². The molecule has 4 aromatic rings. The van der Waals surface area contributed by atoms with E-state index in [1.165, 1.54) is 48.5 Å². The van der Waals surface area contributed by atoms with Crippen molar-refractivity contribution < 1.29 is 28.5 Å². The Labute approximate surface area is 227 Å². The Morgan fingerprint density at radius 3 is 2.38 bits per heavy atom. The van der Waals surface area contributed by atoms with Gasteiger partial charge in [-0.2, -0.15) is 0 Å². The molecule has 1 aromatic heterocycles. The van der Waals surface area contributed by atoms with Crippen LogP contribution in [-0.4, -0.2) is 15.8 Å². The van der Waals surface area contributed by atoms with Crippen molar-refractivity contribution in [2.24, 2.45) is 0 Å². The van der Waals surface area contributed by atoms with E-state index in [0.29, 0.717) is 5.75 Å². The number of nitrogens with zero attached hydrogens (tertiary/aromatic N) is 2. The molecule has 0 bridgehead atoms. The number of rotatable bonds is 9. The first kappa shape index (κ1) is 27.1. The number of hydrogen-bond acceptors (Lipinski definition) is 8. The van der Waals surface area contributed by atoms with Crippen LogP contribution in [-0.2, 0) is 6.61 Å². The summed E-state index contributed by atoms with van der Waals surface area (Å²) in [5, 5.41) is 25.3. The number of carbonyl (C=O) groups is 1. The van der Waals surface area contributed by atoms with Crippen molar-refractivity contribution in [2.75, 3.05) is 5.32 Å². The lowest BCUT2D eigenvalue weighted by Crippen LogP contribution is -2.11. The number of amides is 1. The molecule has 0 radical (unpaired) electrons. The Morgan fingerprint density at radius 1 is 0.923 bits per heavy atom. The van der Waals surface area contributed by atoms with Crippen LogP contribution < -0.4 is 14.8 Å². The molecule has 12 heteroatoms. The van der Waals surface area contributed by atoms with Crippen LogP contribution in [0.4, 0.5) is 17.1 Å². The van der Waals surface area contributed by atoms with Gasteiger partial charge in [-0.05, 0) is 61.7 Å². The van der Waals surface area contributed by atoms with Crippen LogP contribution >= 0.6 is 11.6 Å². The first-order chi connectivity index (χ1) is 18.5. The smallest absolute Gasteiger partial charge is 0.291 e. The minimum atomic E-state index is -0.663. The van der Waals surface area contributed by atoms with E-state index in [1.54, 1.807) is 0 Å². The second-order valence-electron chi connectivity index (χ2n) is 8.66. The number of nitro benzene ring substituents is 2. The average Bonchev–Trinajstić information content (AvgIpc) is 3.35. The number of halogens is 1. The summed E-state index contributed by atoms with van der Waals surface area (Å²) in [7, 11) is 0. The van der Waals surface area contributed by atoms with Crippen LogP contribution in [0.25, 0.3) is 0 Å². The molecule has 1 amide bonds. The maximum absolute atomic E-state index is 12.8. The minimum absolute atomic E-state index is 0.0800. The molecule has 0 unspecified atom stereocenters. The van der Waals surface area contributed by atoms with Gasteiger partial charge in [0.05, 0.1) is 32.7 Å². The van der Waals surface area contributed by atoms with Crippen molar-refractivity contribution in [3.05, 3.63) is 114 Å². The van der Waals surface area contributed by atoms with Crippen LogP contribution in [0.1, 0.15) is 33.0 Å². The molecular formula is C27H22ClN3O8. The first-order valence-corrected chi connectivity index (χ1v) is 11.9. The van der Waals surface area contributed by atoms with Crippen molar-refractivity contribution in [2.45, 2.75) is 27.4 Å². The van der Waals surface area contributed by atoms with E-state index in [1.807, 2.05) is 32.9 Å². The largest absolute Gasteiger partial charge is 0.484 e. The highest BCUT2D eigenvalue weighted by Crippen LogP contribution is 2.33. The van der Waals surface area contributed by atoms with E-state index in [9.17, 15) is 25.0 Å². The van der Waals surface area contributed by atoms with Gasteiger partial charge in [-0.25, -0.2) is 0 Å². The number of ether oxygens (including phenoxy) is 2. The Bertz CT molecular complexity index is 1600. The standard InChI is InChI=1S/C27H22ClN3O8/c1-15-8-16(2)17(3)25(9-15)39-22-11-18(10-20(12-22)31(35)36)29-27(32)24-7-5-21(38-24)14-37-26-13-19(30(33)34)4-6-23(26)28/h4-13H,14H2,1-3H3,(H,29,32). The molecule has 0 spiro atoms. The van der Waals surface area contributed by atoms with Gasteiger partial charge >= 0.3 is 0 Å². The first-order valence-electron chi connectivity index (χ1n) is 11.5. The summed E-state index contributed by atoms with van der Waals surface area (Å²) in [6, 6.07) is 14.4. The molecule has 39 heavy (non-hydrogen) atoms. The maximum atomic E-state index is 12.8. The summed E-state index contributed by atoms with van der Waals surface area (Å²) in [6.45, 7) is 5.59. The van der Waals surface area contributed by atoms with Crippen molar-refractivity contribution in [1.82, 2.24) is 0 Å². The van der Waals surface area contributed by atoms with E-state index in [4.69, 9.17) is 25.5 Å². The van der Waals surface area contributed by atoms with Gasteiger partial charge in [0, 0.05) is 18.2 Å². The van der Waals surface area contributed by atoms with Crippen molar-refractivity contribution >= 4 is 34.6 Å². The molecule has 4 rings (SSSR count). The topological polar surface area (TPSA) is 147 Å². The normalized spacial score (nSPS) is 10.7. The third-order valence-electron chi connectivity index (χ3n) is 5.73. The molecule has 0 aliphatic heterocycles. The summed E-state index contributed by atoms with van der Waals surface area (Å²) >= 11 is 6.04. The van der Waals surface area contributed by atoms with Crippen LogP contribution in [0.5, 0.6) is 17.2 Å². The van der Waals surface area contributed by atoms with E-state index >= 15 is 0 Å². The number of aryl methyl sites for hydroxylation is 2. The zero-order chi connectivity index (χ0) is 28.3. The van der Waals surface area contributed by atoms with Gasteiger partial charge in [0.25, 0.3) is 17.3 Å². The number of benzene rings is 3. The molecular weight excluding hydrogens is 530 g/mol. The average molecular weight is 552 g/mol. The number of nitro groups is 2. The second kappa shape index (κ2) is 11.2. The number of carbonyl (C=O) groups excluding carboxylic acids is 1. The number of nitrogens with one attached hydrogen (secondary N) is 1. The summed E-state index contributed by atoms with van der Waals surface area (Å²) < 4.78 is 17.0. The Balaban J connectivity index is 1.49. The summed E-state index contributed by atoms with van der Waals surface area (Å²) in [5.74, 6) is 0.300. The van der Waals surface area contributed by atoms with Gasteiger partial charge in [0.1, 0.15) is 29.6 Å². The highest BCUT2D eigenvalue weighted by atomic mass is 35.5. The van der Waals surface area contributed by atoms with Gasteiger partial charge in [0.2, 0.25) is 0 Å². The zero-order valence-corrected chi connectivity index (χ0v) is 21.8. The maximum Gasteiger partial charge on any atom is 0.291 e. The fraction of sp³-hybridized carbons (Fsp3) is 0.148. The van der Waals surface area contributed by atoms with E-state index < -0.39 is 15.8 Å². The SMILES string of the molecule is Cc1cc(C)c(C)c(Oc2cc(NC(=O)c3ccc(COc4cc([N+](=O)[O-])ccc4Cl)o3)cc([N+](=O)[O-])c2)c1. The Kier molecular flexibility index (Phi) is 7.82. The molecule has 11 nitrogen and oxygen atoms in total. The molecule has 200 valence electrons. The summed E-state index contributed by atoms with van der Waals surface area (Å²) in [5.41, 5.74) is 2.53. The van der Waals surface area contributed by atoms with Crippen LogP contribution in [0, 0.1) is 41.0 Å². The van der Waals surface area contributed by atoms with Gasteiger partial charge in [-0.3, -0.25) is 25.0 Å². The predicted molar refractivity (Wildman–Crippen MR) is 143 cm³/mol. The molecule has 0 saturated heterocycles. The molecule has 0 atom stereocenters. The predicted octanol–water partition coefficient (Wildman–Crippen LogP) is 7.30. The minimum Gasteiger partial charge on any atom is -0.484 e. The van der Waals surface area contributed by atoms with E-state index in [2.05, 4.69) is 5.32 Å². The van der Waals surface area contributed by atoms with Gasteiger partial charge < -0.3 is 19.2 Å². The molecule has 0 aliphatic carbocycles. The lowest BCUT2D eigenvalue weighted by Gasteiger charge is -2.13. The Morgan fingerprint density at radius 2 is 1.67 bits per heavy atom. The third-order valence-corrected chi connectivity index (χ3v) is 6.05. The van der Waals surface area contributed by atoms with Crippen molar-refractivity contribution in [3.63, 3.8) is 0 Å². The van der Waals surface area contributed by atoms with Gasteiger partial charge in [0.15, 0.2) is 5.76 Å². The quantitative estimate of drug-likeness (QED) is 0.168. The number of hydrogen-bond donors (Lipinski definition) is 1. The van der Waals surface area contributed by atoms with Crippen molar-refractivity contribution in [3.8, 4) is 17.2 Å². The lowest BCUT2D eigenvalue weighted by molar-refractivity contribution is -0.385. The second-order valence-corrected chi connectivity index (χ2v) is 9.07. The molecule has 3 aromatic carbocycles. The Hall–Kier alpha value is -4.90. The van der Waals surface area contributed by atoms with Gasteiger partial charge in [-0.15, -0.1) is 0 Å². The fourth-order valence-electron chi connectivity index (χ4n) is 3.69. The number of furan rings is 1. The van der Waals surface area contributed by atoms with Crippen LogP contribution in [0.3, 0.4) is 0 Å². The molecule has 0 aliphatic rings. The lowest BCUT2D eigenvalue weighted by atomic mass is 10.1. The van der Waals surface area contributed by atoms with Crippen LogP contribution in [0.2, 0.25) is 5.02 Å². The third kappa shape index (κ3) is 6.51. The molecule has 1 heterocycles. The zero-order valence-electron chi connectivity index (χ0n) is 21.0. The van der Waals surface area contributed by atoms with Crippen LogP contribution in [0.15, 0.2) is 65.1 Å². The number of non-ortho nitro benzene ring substituents is 2.